The Hall–Kier alpha value is -0.500. The number of nitrogens with one attached hydrogen (secondary N) is 1. The second-order valence-electron chi connectivity index (χ2n) is 3.40. The number of hydrogen-bond donors (Lipinski definition) is 1. The molecule has 0 spiro atoms. The molecule has 0 fully saturated rings. The zero-order valence-electron chi connectivity index (χ0n) is 9.24. The number of rotatable bonds is 6. The van der Waals surface area contributed by atoms with E-state index in [2.05, 4.69) is 46.4 Å². The Morgan fingerprint density at radius 2 is 2.12 bits per heavy atom. The first-order valence-corrected chi connectivity index (χ1v) is 7.05. The van der Waals surface area contributed by atoms with Crippen molar-refractivity contribution in [2.24, 2.45) is 0 Å². The fourth-order valence-corrected chi connectivity index (χ4v) is 2.32. The zero-order valence-corrected chi connectivity index (χ0v) is 11.6. The van der Waals surface area contributed by atoms with Crippen molar-refractivity contribution in [2.45, 2.75) is 24.3 Å². The van der Waals surface area contributed by atoms with Crippen molar-refractivity contribution in [2.75, 3.05) is 12.3 Å². The van der Waals surface area contributed by atoms with Crippen LogP contribution in [0.4, 0.5) is 0 Å². The summed E-state index contributed by atoms with van der Waals surface area (Å²) in [5.41, 5.74) is 0. The van der Waals surface area contributed by atoms with Crippen LogP contribution in [0.3, 0.4) is 0 Å². The minimum Gasteiger partial charge on any atom is -0.301 e. The Morgan fingerprint density at radius 1 is 1.44 bits per heavy atom. The second kappa shape index (κ2) is 7.72. The van der Waals surface area contributed by atoms with Gasteiger partial charge in [-0.2, -0.15) is 5.26 Å². The average Bonchev–Trinajstić information content (AvgIpc) is 2.32. The topological polar surface area (TPSA) is 35.8 Å². The van der Waals surface area contributed by atoms with Crippen LogP contribution in [0, 0.1) is 11.3 Å². The van der Waals surface area contributed by atoms with E-state index < -0.39 is 0 Å². The van der Waals surface area contributed by atoms with Gasteiger partial charge in [0.2, 0.25) is 0 Å². The summed E-state index contributed by atoms with van der Waals surface area (Å²) in [7, 11) is 0. The number of benzene rings is 1. The van der Waals surface area contributed by atoms with Gasteiger partial charge in [0, 0.05) is 15.1 Å². The highest BCUT2D eigenvalue weighted by Crippen LogP contribution is 2.21. The summed E-state index contributed by atoms with van der Waals surface area (Å²) in [5.74, 6) is 0.790. The Morgan fingerprint density at radius 3 is 2.69 bits per heavy atom. The van der Waals surface area contributed by atoms with Gasteiger partial charge < -0.3 is 5.32 Å². The molecule has 0 amide bonds. The molecule has 1 aromatic rings. The molecule has 2 nitrogen and oxygen atoms in total. The number of thioether (sulfide) groups is 1. The van der Waals surface area contributed by atoms with Gasteiger partial charge in [0.1, 0.15) is 6.04 Å². The zero-order chi connectivity index (χ0) is 11.8. The van der Waals surface area contributed by atoms with E-state index in [4.69, 9.17) is 5.26 Å². The summed E-state index contributed by atoms with van der Waals surface area (Å²) in [6.45, 7) is 3.00. The molecule has 0 heterocycles. The third kappa shape index (κ3) is 5.02. The van der Waals surface area contributed by atoms with Gasteiger partial charge in [0.05, 0.1) is 6.07 Å². The van der Waals surface area contributed by atoms with Gasteiger partial charge in [-0.15, -0.1) is 11.8 Å². The quantitative estimate of drug-likeness (QED) is 0.817. The molecule has 0 bridgehead atoms. The lowest BCUT2D eigenvalue weighted by molar-refractivity contribution is 0.637. The molecular formula is C12H15BrN2S. The Bertz CT molecular complexity index is 345. The molecule has 0 aliphatic rings. The van der Waals surface area contributed by atoms with Crippen LogP contribution in [0.2, 0.25) is 0 Å². The lowest BCUT2D eigenvalue weighted by atomic mass is 10.3. The summed E-state index contributed by atoms with van der Waals surface area (Å²) in [6.07, 6.45) is 1.06. The molecule has 16 heavy (non-hydrogen) atoms. The molecule has 1 rings (SSSR count). The Labute approximate surface area is 110 Å². The van der Waals surface area contributed by atoms with Gasteiger partial charge in [-0.1, -0.05) is 22.9 Å². The Kier molecular flexibility index (Phi) is 6.55. The molecule has 1 N–H and O–H groups in total. The molecule has 86 valence electrons. The van der Waals surface area contributed by atoms with Crippen molar-refractivity contribution in [3.05, 3.63) is 28.7 Å². The number of hydrogen-bond acceptors (Lipinski definition) is 3. The first kappa shape index (κ1) is 13.6. The molecule has 1 atom stereocenters. The maximum absolute atomic E-state index is 8.94. The molecule has 1 aromatic carbocycles. The van der Waals surface area contributed by atoms with Gasteiger partial charge in [0.25, 0.3) is 0 Å². The number of halogens is 1. The fourth-order valence-electron chi connectivity index (χ4n) is 1.17. The minimum atomic E-state index is -0.0615. The van der Waals surface area contributed by atoms with E-state index in [9.17, 15) is 0 Å². The SMILES string of the molecule is CCCNC(C#N)CSc1ccc(Br)cc1. The highest BCUT2D eigenvalue weighted by molar-refractivity contribution is 9.10. The minimum absolute atomic E-state index is 0.0615. The monoisotopic (exact) mass is 298 g/mol. The van der Waals surface area contributed by atoms with Crippen molar-refractivity contribution < 1.29 is 0 Å². The van der Waals surface area contributed by atoms with E-state index in [-0.39, 0.29) is 6.04 Å². The highest BCUT2D eigenvalue weighted by Gasteiger charge is 2.06. The second-order valence-corrected chi connectivity index (χ2v) is 5.41. The summed E-state index contributed by atoms with van der Waals surface area (Å²) < 4.78 is 1.08. The summed E-state index contributed by atoms with van der Waals surface area (Å²) >= 11 is 5.11. The maximum atomic E-state index is 8.94. The summed E-state index contributed by atoms with van der Waals surface area (Å²) in [6, 6.07) is 10.4. The maximum Gasteiger partial charge on any atom is 0.105 e. The molecule has 0 saturated carbocycles. The van der Waals surface area contributed by atoms with Crippen molar-refractivity contribution in [3.8, 4) is 6.07 Å². The van der Waals surface area contributed by atoms with Gasteiger partial charge in [-0.25, -0.2) is 0 Å². The average molecular weight is 299 g/mol. The first-order valence-electron chi connectivity index (χ1n) is 5.27. The lowest BCUT2D eigenvalue weighted by Gasteiger charge is -2.09. The van der Waals surface area contributed by atoms with Crippen LogP contribution in [0.15, 0.2) is 33.6 Å². The van der Waals surface area contributed by atoms with Crippen LogP contribution in [0.1, 0.15) is 13.3 Å². The number of nitrogens with zero attached hydrogens (tertiary/aromatic N) is 1. The molecule has 0 aliphatic carbocycles. The molecule has 0 aliphatic heterocycles. The lowest BCUT2D eigenvalue weighted by Crippen LogP contribution is -2.30. The smallest absolute Gasteiger partial charge is 0.105 e. The van der Waals surface area contributed by atoms with Crippen molar-refractivity contribution in [3.63, 3.8) is 0 Å². The molecule has 0 saturated heterocycles. The first-order chi connectivity index (χ1) is 7.76. The van der Waals surface area contributed by atoms with Gasteiger partial charge in [-0.05, 0) is 37.2 Å². The van der Waals surface area contributed by atoms with Gasteiger partial charge in [0.15, 0.2) is 0 Å². The van der Waals surface area contributed by atoms with Crippen LogP contribution in [-0.4, -0.2) is 18.3 Å². The van der Waals surface area contributed by atoms with E-state index in [0.717, 1.165) is 23.2 Å². The Balaban J connectivity index is 2.38. The van der Waals surface area contributed by atoms with Crippen molar-refractivity contribution in [1.29, 1.82) is 5.26 Å². The highest BCUT2D eigenvalue weighted by atomic mass is 79.9. The standard InChI is InChI=1S/C12H15BrN2S/c1-2-7-15-11(8-14)9-16-12-5-3-10(13)4-6-12/h3-6,11,15H,2,7,9H2,1H3. The van der Waals surface area contributed by atoms with Crippen LogP contribution in [0.25, 0.3) is 0 Å². The molecule has 4 heteroatoms. The molecule has 0 radical (unpaired) electrons. The van der Waals surface area contributed by atoms with Gasteiger partial charge >= 0.3 is 0 Å². The molecular weight excluding hydrogens is 284 g/mol. The van der Waals surface area contributed by atoms with E-state index in [1.165, 1.54) is 4.90 Å². The van der Waals surface area contributed by atoms with E-state index >= 15 is 0 Å². The third-order valence-electron chi connectivity index (χ3n) is 2.03. The predicted molar refractivity (Wildman–Crippen MR) is 72.6 cm³/mol. The fraction of sp³-hybridized carbons (Fsp3) is 0.417. The van der Waals surface area contributed by atoms with E-state index in [0.29, 0.717) is 0 Å². The van der Waals surface area contributed by atoms with Crippen LogP contribution >= 0.6 is 27.7 Å². The summed E-state index contributed by atoms with van der Waals surface area (Å²) in [4.78, 5) is 1.20. The van der Waals surface area contributed by atoms with Crippen LogP contribution in [0.5, 0.6) is 0 Å². The largest absolute Gasteiger partial charge is 0.301 e. The number of nitriles is 1. The van der Waals surface area contributed by atoms with Crippen molar-refractivity contribution in [1.82, 2.24) is 5.32 Å². The molecule has 0 aromatic heterocycles. The van der Waals surface area contributed by atoms with Gasteiger partial charge in [-0.3, -0.25) is 0 Å². The van der Waals surface area contributed by atoms with Crippen LogP contribution < -0.4 is 5.32 Å². The molecule has 1 unspecified atom stereocenters. The third-order valence-corrected chi connectivity index (χ3v) is 3.66. The van der Waals surface area contributed by atoms with E-state index in [1.54, 1.807) is 11.8 Å². The predicted octanol–water partition coefficient (Wildman–Crippen LogP) is 3.43. The van der Waals surface area contributed by atoms with Crippen molar-refractivity contribution >= 4 is 27.7 Å². The van der Waals surface area contributed by atoms with Crippen LogP contribution in [-0.2, 0) is 0 Å². The summed E-state index contributed by atoms with van der Waals surface area (Å²) in [5, 5.41) is 12.2. The van der Waals surface area contributed by atoms with E-state index in [1.807, 2.05) is 12.1 Å². The normalized spacial score (nSPS) is 12.1.